The van der Waals surface area contributed by atoms with Crippen molar-refractivity contribution in [3.63, 3.8) is 0 Å². The molecule has 0 atom stereocenters. The lowest BCUT2D eigenvalue weighted by molar-refractivity contribution is -0.137. The van der Waals surface area contributed by atoms with Crippen LogP contribution in [0.25, 0.3) is 0 Å². The lowest BCUT2D eigenvalue weighted by atomic mass is 10.1. The molecule has 0 aliphatic carbocycles. The van der Waals surface area contributed by atoms with E-state index in [9.17, 15) is 4.79 Å². The van der Waals surface area contributed by atoms with Gasteiger partial charge in [0.2, 0.25) is 0 Å². The maximum absolute atomic E-state index is 10.3. The minimum atomic E-state index is -0.660. The second kappa shape index (κ2) is 12.9. The van der Waals surface area contributed by atoms with Gasteiger partial charge < -0.3 is 10.0 Å². The molecule has 0 heterocycles. The minimum absolute atomic E-state index is 0.339. The Morgan fingerprint density at radius 1 is 0.778 bits per heavy atom. The summed E-state index contributed by atoms with van der Waals surface area (Å²) in [6.07, 6.45) is 12.8. The zero-order valence-corrected chi connectivity index (χ0v) is 12.3. The van der Waals surface area contributed by atoms with Gasteiger partial charge in [-0.05, 0) is 33.5 Å². The zero-order valence-electron chi connectivity index (χ0n) is 12.3. The van der Waals surface area contributed by atoms with Crippen molar-refractivity contribution < 1.29 is 9.90 Å². The van der Waals surface area contributed by atoms with Gasteiger partial charge in [-0.2, -0.15) is 0 Å². The molecule has 0 aliphatic rings. The number of hydrogen-bond donors (Lipinski definition) is 1. The van der Waals surface area contributed by atoms with Crippen LogP contribution < -0.4 is 0 Å². The van der Waals surface area contributed by atoms with Crippen molar-refractivity contribution in [1.82, 2.24) is 4.90 Å². The van der Waals surface area contributed by atoms with E-state index in [-0.39, 0.29) is 0 Å². The molecule has 0 aromatic carbocycles. The van der Waals surface area contributed by atoms with E-state index in [0.29, 0.717) is 6.42 Å². The highest BCUT2D eigenvalue weighted by Gasteiger charge is 1.97. The summed E-state index contributed by atoms with van der Waals surface area (Å²) >= 11 is 0. The average Bonchev–Trinajstić information content (AvgIpc) is 2.29. The second-order valence-electron chi connectivity index (χ2n) is 5.48. The van der Waals surface area contributed by atoms with E-state index in [4.69, 9.17) is 5.11 Å². The van der Waals surface area contributed by atoms with Gasteiger partial charge in [-0.3, -0.25) is 4.79 Å². The highest BCUT2D eigenvalue weighted by molar-refractivity contribution is 5.66. The average molecular weight is 257 g/mol. The topological polar surface area (TPSA) is 40.5 Å². The molecular formula is C15H31NO2. The summed E-state index contributed by atoms with van der Waals surface area (Å²) in [6, 6.07) is 0. The fourth-order valence-corrected chi connectivity index (χ4v) is 2.12. The third-order valence-electron chi connectivity index (χ3n) is 3.25. The molecule has 0 radical (unpaired) electrons. The highest BCUT2D eigenvalue weighted by Crippen LogP contribution is 2.11. The van der Waals surface area contributed by atoms with E-state index in [0.717, 1.165) is 12.8 Å². The lowest BCUT2D eigenvalue weighted by Crippen LogP contribution is -2.12. The molecule has 0 bridgehead atoms. The van der Waals surface area contributed by atoms with Gasteiger partial charge >= 0.3 is 5.97 Å². The molecule has 18 heavy (non-hydrogen) atoms. The van der Waals surface area contributed by atoms with Crippen molar-refractivity contribution >= 4 is 5.97 Å². The van der Waals surface area contributed by atoms with Crippen LogP contribution in [0, 0.1) is 0 Å². The van der Waals surface area contributed by atoms with Crippen LogP contribution in [0.2, 0.25) is 0 Å². The monoisotopic (exact) mass is 257 g/mol. The number of unbranched alkanes of at least 4 members (excludes halogenated alkanes) is 9. The van der Waals surface area contributed by atoms with Crippen molar-refractivity contribution in [1.29, 1.82) is 0 Å². The molecule has 0 amide bonds. The number of nitrogens with zero attached hydrogens (tertiary/aromatic N) is 1. The maximum Gasteiger partial charge on any atom is 0.303 e. The normalized spacial score (nSPS) is 11.1. The Labute approximate surface area is 113 Å². The first-order valence-corrected chi connectivity index (χ1v) is 7.49. The van der Waals surface area contributed by atoms with Crippen LogP contribution in [0.1, 0.15) is 70.6 Å². The fraction of sp³-hybridized carbons (Fsp3) is 0.933. The van der Waals surface area contributed by atoms with Gasteiger partial charge in [0, 0.05) is 6.42 Å². The Bertz CT molecular complexity index is 193. The Kier molecular flexibility index (Phi) is 12.5. The summed E-state index contributed by atoms with van der Waals surface area (Å²) in [5, 5.41) is 8.49. The van der Waals surface area contributed by atoms with Crippen molar-refractivity contribution in [3.8, 4) is 0 Å². The van der Waals surface area contributed by atoms with Crippen LogP contribution >= 0.6 is 0 Å². The highest BCUT2D eigenvalue weighted by atomic mass is 16.4. The second-order valence-corrected chi connectivity index (χ2v) is 5.48. The van der Waals surface area contributed by atoms with Gasteiger partial charge in [-0.1, -0.05) is 51.4 Å². The van der Waals surface area contributed by atoms with E-state index < -0.39 is 5.97 Å². The lowest BCUT2D eigenvalue weighted by Gasteiger charge is -2.08. The molecule has 0 saturated heterocycles. The van der Waals surface area contributed by atoms with Gasteiger partial charge in [0.1, 0.15) is 0 Å². The fourth-order valence-electron chi connectivity index (χ4n) is 2.12. The molecule has 1 N–H and O–H groups in total. The van der Waals surface area contributed by atoms with E-state index in [1.807, 2.05) is 0 Å². The predicted molar refractivity (Wildman–Crippen MR) is 77.0 cm³/mol. The summed E-state index contributed by atoms with van der Waals surface area (Å²) in [6.45, 7) is 1.21. The van der Waals surface area contributed by atoms with Crippen LogP contribution in [0.4, 0.5) is 0 Å². The van der Waals surface area contributed by atoms with Crippen LogP contribution in [0.3, 0.4) is 0 Å². The molecule has 0 unspecified atom stereocenters. The number of carboxylic acid groups (broad SMARTS) is 1. The molecule has 0 fully saturated rings. The van der Waals surface area contributed by atoms with Gasteiger partial charge in [0.25, 0.3) is 0 Å². The van der Waals surface area contributed by atoms with Gasteiger partial charge in [-0.25, -0.2) is 0 Å². The molecule has 0 saturated carbocycles. The standard InChI is InChI=1S/C15H31NO2/c1-16(2)14-12-10-8-6-4-3-5-7-9-11-13-15(17)18/h3-14H2,1-2H3,(H,17,18). The third kappa shape index (κ3) is 15.4. The van der Waals surface area contributed by atoms with Crippen molar-refractivity contribution in [2.24, 2.45) is 0 Å². The van der Waals surface area contributed by atoms with Gasteiger partial charge in [-0.15, -0.1) is 0 Å². The predicted octanol–water partition coefficient (Wildman–Crippen LogP) is 3.92. The molecule has 0 aromatic heterocycles. The Morgan fingerprint density at radius 3 is 1.56 bits per heavy atom. The van der Waals surface area contributed by atoms with Crippen molar-refractivity contribution in [2.75, 3.05) is 20.6 Å². The van der Waals surface area contributed by atoms with Gasteiger partial charge in [0.05, 0.1) is 0 Å². The first-order valence-electron chi connectivity index (χ1n) is 7.49. The number of aliphatic carboxylic acids is 1. The zero-order chi connectivity index (χ0) is 13.6. The van der Waals surface area contributed by atoms with Crippen molar-refractivity contribution in [2.45, 2.75) is 70.6 Å². The van der Waals surface area contributed by atoms with E-state index in [1.165, 1.54) is 57.9 Å². The third-order valence-corrected chi connectivity index (χ3v) is 3.25. The Hall–Kier alpha value is -0.570. The minimum Gasteiger partial charge on any atom is -0.481 e. The summed E-state index contributed by atoms with van der Waals surface area (Å²) in [5.74, 6) is -0.660. The summed E-state index contributed by atoms with van der Waals surface area (Å²) in [7, 11) is 4.26. The smallest absolute Gasteiger partial charge is 0.303 e. The molecule has 0 spiro atoms. The largest absolute Gasteiger partial charge is 0.481 e. The number of carboxylic acids is 1. The Morgan fingerprint density at radius 2 is 1.17 bits per heavy atom. The quantitative estimate of drug-likeness (QED) is 0.508. The number of carbonyl (C=O) groups is 1. The SMILES string of the molecule is CN(C)CCCCCCCCCCCCC(=O)O. The van der Waals surface area contributed by atoms with Crippen LogP contribution in [-0.2, 0) is 4.79 Å². The Balaban J connectivity index is 2.97. The molecule has 0 aromatic rings. The van der Waals surface area contributed by atoms with E-state index in [1.54, 1.807) is 0 Å². The summed E-state index contributed by atoms with van der Waals surface area (Å²) in [4.78, 5) is 12.5. The number of hydrogen-bond acceptors (Lipinski definition) is 2. The van der Waals surface area contributed by atoms with Crippen LogP contribution in [0.15, 0.2) is 0 Å². The molecule has 0 aliphatic heterocycles. The molecular weight excluding hydrogens is 226 g/mol. The summed E-state index contributed by atoms with van der Waals surface area (Å²) in [5.41, 5.74) is 0. The first kappa shape index (κ1) is 17.4. The molecule has 0 rings (SSSR count). The molecule has 108 valence electrons. The van der Waals surface area contributed by atoms with Crippen molar-refractivity contribution in [3.05, 3.63) is 0 Å². The summed E-state index contributed by atoms with van der Waals surface area (Å²) < 4.78 is 0. The van der Waals surface area contributed by atoms with Gasteiger partial charge in [0.15, 0.2) is 0 Å². The first-order chi connectivity index (χ1) is 8.63. The maximum atomic E-state index is 10.3. The van der Waals surface area contributed by atoms with E-state index in [2.05, 4.69) is 19.0 Å². The molecule has 3 heteroatoms. The van der Waals surface area contributed by atoms with Crippen LogP contribution in [0.5, 0.6) is 0 Å². The molecule has 3 nitrogen and oxygen atoms in total. The number of rotatable bonds is 13. The van der Waals surface area contributed by atoms with E-state index >= 15 is 0 Å². The van der Waals surface area contributed by atoms with Crippen LogP contribution in [-0.4, -0.2) is 36.6 Å².